The van der Waals surface area contributed by atoms with Crippen LogP contribution in [-0.2, 0) is 14.3 Å². The van der Waals surface area contributed by atoms with Crippen LogP contribution in [0.25, 0.3) is 0 Å². The van der Waals surface area contributed by atoms with E-state index < -0.39 is 61.5 Å². The maximum Gasteiger partial charge on any atom is 0.249 e. The first-order chi connectivity index (χ1) is 29.3. The SMILES string of the molecule is CCCCCCCCCC/C=C/CC/C=C/C(O)C(COC1OC(CO)C(O)C(O)C1O)NC(=O)C(O)CCCCCCCC/C=C\CCCCCCCCCCCCC. The molecule has 60 heavy (non-hydrogen) atoms. The molecule has 0 spiro atoms. The Morgan fingerprint density at radius 3 is 1.45 bits per heavy atom. The predicted octanol–water partition coefficient (Wildman–Crippen LogP) is 9.81. The van der Waals surface area contributed by atoms with E-state index in [1.165, 1.54) is 141 Å². The maximum absolute atomic E-state index is 13.1. The second-order valence-electron chi connectivity index (χ2n) is 17.4. The van der Waals surface area contributed by atoms with Crippen LogP contribution in [0.2, 0.25) is 0 Å². The van der Waals surface area contributed by atoms with Gasteiger partial charge in [-0.1, -0.05) is 192 Å². The van der Waals surface area contributed by atoms with Gasteiger partial charge >= 0.3 is 0 Å². The highest BCUT2D eigenvalue weighted by Gasteiger charge is 2.44. The Hall–Kier alpha value is -1.63. The molecular formula is C50H93NO9. The van der Waals surface area contributed by atoms with Gasteiger partial charge in [-0.05, 0) is 57.8 Å². The van der Waals surface area contributed by atoms with Gasteiger partial charge in [0.2, 0.25) is 5.91 Å². The number of aliphatic hydroxyl groups excluding tert-OH is 6. The van der Waals surface area contributed by atoms with Crippen molar-refractivity contribution >= 4 is 5.91 Å². The topological polar surface area (TPSA) is 169 Å². The Balaban J connectivity index is 2.37. The molecule has 1 aliphatic heterocycles. The molecule has 10 nitrogen and oxygen atoms in total. The number of carbonyl (C=O) groups excluding carboxylic acids is 1. The number of ether oxygens (including phenoxy) is 2. The number of aliphatic hydroxyl groups is 6. The van der Waals surface area contributed by atoms with Gasteiger partial charge in [-0.3, -0.25) is 4.79 Å². The van der Waals surface area contributed by atoms with Gasteiger partial charge in [-0.25, -0.2) is 0 Å². The zero-order chi connectivity index (χ0) is 43.9. The minimum atomic E-state index is -1.62. The molecule has 0 bridgehead atoms. The zero-order valence-corrected chi connectivity index (χ0v) is 38.3. The number of nitrogens with one attached hydrogen (secondary N) is 1. The van der Waals surface area contributed by atoms with E-state index in [0.29, 0.717) is 19.3 Å². The zero-order valence-electron chi connectivity index (χ0n) is 38.3. The van der Waals surface area contributed by atoms with Crippen LogP contribution >= 0.6 is 0 Å². The standard InChI is InChI=1S/C50H93NO9/c1-3-5-7-9-11-13-15-17-19-20-21-22-23-24-25-27-29-31-33-35-37-39-44(54)49(58)51-42(41-59-50-48(57)47(56)46(55)45(40-52)60-50)43(53)38-36-34-32-30-28-26-18-16-14-12-10-8-6-4-2/h23-24,28,30,36,38,42-48,50,52-57H,3-22,25-27,29,31-35,37,39-41H2,1-2H3,(H,51,58)/b24-23-,30-28+,38-36+. The van der Waals surface area contributed by atoms with Crippen molar-refractivity contribution in [2.45, 2.75) is 262 Å². The van der Waals surface area contributed by atoms with Crippen LogP contribution in [0.4, 0.5) is 0 Å². The van der Waals surface area contributed by atoms with Crippen LogP contribution in [0.3, 0.4) is 0 Å². The van der Waals surface area contributed by atoms with Gasteiger partial charge in [0, 0.05) is 0 Å². The third-order valence-corrected chi connectivity index (χ3v) is 11.8. The molecular weight excluding hydrogens is 759 g/mol. The lowest BCUT2D eigenvalue weighted by Crippen LogP contribution is -2.60. The van der Waals surface area contributed by atoms with Crippen molar-refractivity contribution in [1.82, 2.24) is 5.32 Å². The molecule has 7 N–H and O–H groups in total. The van der Waals surface area contributed by atoms with E-state index >= 15 is 0 Å². The first-order valence-electron chi connectivity index (χ1n) is 24.8. The Labute approximate surface area is 366 Å². The van der Waals surface area contributed by atoms with Crippen molar-refractivity contribution in [3.63, 3.8) is 0 Å². The fourth-order valence-corrected chi connectivity index (χ4v) is 7.70. The lowest BCUT2D eigenvalue weighted by Gasteiger charge is -2.40. The van der Waals surface area contributed by atoms with Crippen molar-refractivity contribution in [3.8, 4) is 0 Å². The van der Waals surface area contributed by atoms with E-state index in [1.807, 2.05) is 6.08 Å². The molecule has 0 aromatic rings. The van der Waals surface area contributed by atoms with Crippen molar-refractivity contribution in [2.24, 2.45) is 0 Å². The Morgan fingerprint density at radius 1 is 0.567 bits per heavy atom. The molecule has 1 saturated heterocycles. The number of rotatable bonds is 41. The van der Waals surface area contributed by atoms with E-state index in [2.05, 4.69) is 43.5 Å². The molecule has 1 aliphatic rings. The van der Waals surface area contributed by atoms with Crippen LogP contribution in [0.1, 0.15) is 213 Å². The highest BCUT2D eigenvalue weighted by molar-refractivity contribution is 5.80. The number of allylic oxidation sites excluding steroid dienone is 5. The van der Waals surface area contributed by atoms with Crippen molar-refractivity contribution in [3.05, 3.63) is 36.5 Å². The molecule has 352 valence electrons. The van der Waals surface area contributed by atoms with Crippen LogP contribution in [0.15, 0.2) is 36.5 Å². The molecule has 8 unspecified atom stereocenters. The normalized spacial score (nSPS) is 21.4. The number of hydrogen-bond acceptors (Lipinski definition) is 9. The van der Waals surface area contributed by atoms with E-state index in [4.69, 9.17) is 9.47 Å². The molecule has 0 aromatic heterocycles. The molecule has 0 saturated carbocycles. The summed E-state index contributed by atoms with van der Waals surface area (Å²) in [4.78, 5) is 13.1. The molecule has 1 rings (SSSR count). The fourth-order valence-electron chi connectivity index (χ4n) is 7.70. The summed E-state index contributed by atoms with van der Waals surface area (Å²) in [6.45, 7) is 3.59. The molecule has 0 radical (unpaired) electrons. The average molecular weight is 852 g/mol. The Bertz CT molecular complexity index is 1050. The van der Waals surface area contributed by atoms with Crippen molar-refractivity contribution < 1.29 is 44.9 Å². The summed E-state index contributed by atoms with van der Waals surface area (Å²) in [5, 5.41) is 64.7. The van der Waals surface area contributed by atoms with Crippen LogP contribution in [0, 0.1) is 0 Å². The number of amides is 1. The third kappa shape index (κ3) is 29.6. The molecule has 1 fully saturated rings. The summed E-state index contributed by atoms with van der Waals surface area (Å²) in [5.41, 5.74) is 0. The molecule has 10 heteroatoms. The summed E-state index contributed by atoms with van der Waals surface area (Å²) in [7, 11) is 0. The molecule has 1 heterocycles. The number of hydrogen-bond donors (Lipinski definition) is 7. The lowest BCUT2D eigenvalue weighted by molar-refractivity contribution is -0.302. The third-order valence-electron chi connectivity index (χ3n) is 11.8. The Morgan fingerprint density at radius 2 is 0.983 bits per heavy atom. The largest absolute Gasteiger partial charge is 0.394 e. The van der Waals surface area contributed by atoms with E-state index in [-0.39, 0.29) is 6.61 Å². The second-order valence-corrected chi connectivity index (χ2v) is 17.4. The summed E-state index contributed by atoms with van der Waals surface area (Å²) in [6, 6.07) is -0.998. The van der Waals surface area contributed by atoms with E-state index in [1.54, 1.807) is 6.08 Å². The average Bonchev–Trinajstić information content (AvgIpc) is 3.25. The van der Waals surface area contributed by atoms with Gasteiger partial charge < -0.3 is 45.4 Å². The minimum Gasteiger partial charge on any atom is -0.394 e. The van der Waals surface area contributed by atoms with Gasteiger partial charge in [0.1, 0.15) is 30.5 Å². The second kappa shape index (κ2) is 40.2. The highest BCUT2D eigenvalue weighted by Crippen LogP contribution is 2.23. The van der Waals surface area contributed by atoms with Crippen LogP contribution < -0.4 is 5.32 Å². The summed E-state index contributed by atoms with van der Waals surface area (Å²) in [6.07, 6.45) is 39.5. The maximum atomic E-state index is 13.1. The van der Waals surface area contributed by atoms with Crippen molar-refractivity contribution in [1.29, 1.82) is 0 Å². The smallest absolute Gasteiger partial charge is 0.249 e. The summed E-state index contributed by atoms with van der Waals surface area (Å²) >= 11 is 0. The minimum absolute atomic E-state index is 0.297. The fraction of sp³-hybridized carbons (Fsp3) is 0.860. The van der Waals surface area contributed by atoms with Gasteiger partial charge in [-0.2, -0.15) is 0 Å². The van der Waals surface area contributed by atoms with Crippen LogP contribution in [0.5, 0.6) is 0 Å². The highest BCUT2D eigenvalue weighted by atomic mass is 16.7. The molecule has 1 amide bonds. The Kier molecular flexibility index (Phi) is 37.7. The quantitative estimate of drug-likeness (QED) is 0.0234. The van der Waals surface area contributed by atoms with Crippen molar-refractivity contribution in [2.75, 3.05) is 13.2 Å². The van der Waals surface area contributed by atoms with E-state index in [0.717, 1.165) is 38.5 Å². The summed E-state index contributed by atoms with van der Waals surface area (Å²) in [5.74, 6) is -0.631. The molecule has 0 aliphatic carbocycles. The monoisotopic (exact) mass is 852 g/mol. The first-order valence-corrected chi connectivity index (χ1v) is 24.8. The molecule has 0 aromatic carbocycles. The summed E-state index contributed by atoms with van der Waals surface area (Å²) < 4.78 is 11.1. The predicted molar refractivity (Wildman–Crippen MR) is 246 cm³/mol. The van der Waals surface area contributed by atoms with Gasteiger partial charge in [-0.15, -0.1) is 0 Å². The van der Waals surface area contributed by atoms with Crippen LogP contribution in [-0.4, -0.2) is 98.7 Å². The number of unbranched alkanes of at least 4 members (excludes halogenated alkanes) is 26. The lowest BCUT2D eigenvalue weighted by atomic mass is 9.99. The number of carbonyl (C=O) groups is 1. The van der Waals surface area contributed by atoms with Gasteiger partial charge in [0.05, 0.1) is 25.4 Å². The van der Waals surface area contributed by atoms with Gasteiger partial charge in [0.15, 0.2) is 6.29 Å². The first kappa shape index (κ1) is 56.4. The van der Waals surface area contributed by atoms with E-state index in [9.17, 15) is 35.4 Å². The van der Waals surface area contributed by atoms with Gasteiger partial charge in [0.25, 0.3) is 0 Å². The molecule has 8 atom stereocenters.